The van der Waals surface area contributed by atoms with E-state index in [-0.39, 0.29) is 29.3 Å². The third-order valence-electron chi connectivity index (χ3n) is 2.73. The molecule has 104 valence electrons. The van der Waals surface area contributed by atoms with Crippen molar-refractivity contribution >= 4 is 23.3 Å². The van der Waals surface area contributed by atoms with Gasteiger partial charge in [-0.3, -0.25) is 10.1 Å². The molecule has 1 atom stereocenters. The van der Waals surface area contributed by atoms with E-state index in [9.17, 15) is 20.0 Å². The second kappa shape index (κ2) is 5.99. The number of rotatable bonds is 5. The third-order valence-corrected chi connectivity index (χ3v) is 3.05. The number of nitro groups is 1. The monoisotopic (exact) mass is 287 g/mol. The number of aliphatic hydroxyl groups is 1. The molecule has 7 heteroatoms. The number of nitro benzene ring substituents is 1. The summed E-state index contributed by atoms with van der Waals surface area (Å²) >= 11 is 5.91. The Balaban J connectivity index is 3.26. The summed E-state index contributed by atoms with van der Waals surface area (Å²) in [5.74, 6) is -0.826. The van der Waals surface area contributed by atoms with Gasteiger partial charge in [-0.05, 0) is 19.4 Å². The minimum Gasteiger partial charge on any atom is -0.464 e. The highest BCUT2D eigenvalue weighted by atomic mass is 35.5. The average Bonchev–Trinajstić information content (AvgIpc) is 2.37. The molecule has 1 N–H and O–H groups in total. The highest BCUT2D eigenvalue weighted by molar-refractivity contribution is 6.32. The van der Waals surface area contributed by atoms with Crippen LogP contribution < -0.4 is 0 Å². The zero-order valence-corrected chi connectivity index (χ0v) is 11.3. The molecule has 0 heterocycles. The lowest BCUT2D eigenvalue weighted by Crippen LogP contribution is -2.37. The van der Waals surface area contributed by atoms with Gasteiger partial charge in [0.25, 0.3) is 5.69 Å². The maximum absolute atomic E-state index is 11.8. The van der Waals surface area contributed by atoms with Crippen LogP contribution in [0, 0.1) is 10.1 Å². The highest BCUT2D eigenvalue weighted by Gasteiger charge is 2.39. The molecule has 19 heavy (non-hydrogen) atoms. The van der Waals surface area contributed by atoms with Crippen LogP contribution in [0.5, 0.6) is 0 Å². The molecule has 0 aliphatic carbocycles. The Kier molecular flexibility index (Phi) is 4.85. The van der Waals surface area contributed by atoms with Crippen molar-refractivity contribution in [2.45, 2.75) is 25.9 Å². The van der Waals surface area contributed by atoms with Crippen molar-refractivity contribution in [2.24, 2.45) is 0 Å². The van der Waals surface area contributed by atoms with Crippen molar-refractivity contribution in [1.82, 2.24) is 0 Å². The molecule has 0 saturated carbocycles. The quantitative estimate of drug-likeness (QED) is 0.510. The average molecular weight is 288 g/mol. The summed E-state index contributed by atoms with van der Waals surface area (Å²) in [7, 11) is 0. The van der Waals surface area contributed by atoms with Crippen molar-refractivity contribution in [2.75, 3.05) is 6.61 Å². The molecule has 1 aromatic rings. The molecule has 0 spiro atoms. The first-order valence-corrected chi connectivity index (χ1v) is 6.08. The van der Waals surface area contributed by atoms with Gasteiger partial charge < -0.3 is 9.84 Å². The molecular weight excluding hydrogens is 274 g/mol. The summed E-state index contributed by atoms with van der Waals surface area (Å²) in [4.78, 5) is 21.8. The van der Waals surface area contributed by atoms with Crippen molar-refractivity contribution in [3.63, 3.8) is 0 Å². The van der Waals surface area contributed by atoms with Crippen molar-refractivity contribution in [1.29, 1.82) is 0 Å². The summed E-state index contributed by atoms with van der Waals surface area (Å²) in [5.41, 5.74) is -2.01. The number of benzene rings is 1. The van der Waals surface area contributed by atoms with Gasteiger partial charge in [0.05, 0.1) is 16.6 Å². The van der Waals surface area contributed by atoms with Crippen LogP contribution in [0.4, 0.5) is 5.69 Å². The molecule has 0 radical (unpaired) electrons. The Morgan fingerprint density at radius 1 is 1.53 bits per heavy atom. The van der Waals surface area contributed by atoms with Crippen LogP contribution in [-0.4, -0.2) is 22.6 Å². The summed E-state index contributed by atoms with van der Waals surface area (Å²) in [6.07, 6.45) is 0.0450. The topological polar surface area (TPSA) is 89.7 Å². The number of hydrogen-bond acceptors (Lipinski definition) is 5. The van der Waals surface area contributed by atoms with Crippen molar-refractivity contribution < 1.29 is 19.6 Å². The fraction of sp³-hybridized carbons (Fsp3) is 0.417. The van der Waals surface area contributed by atoms with Gasteiger partial charge >= 0.3 is 5.97 Å². The van der Waals surface area contributed by atoms with Crippen LogP contribution in [-0.2, 0) is 15.1 Å². The lowest BCUT2D eigenvalue weighted by molar-refractivity contribution is -0.384. The van der Waals surface area contributed by atoms with E-state index in [0.717, 1.165) is 6.07 Å². The Hall–Kier alpha value is -1.66. The molecule has 0 aromatic heterocycles. The molecular formula is C12H14ClNO5. The SMILES string of the molecule is CCOC(=O)C(O)(CC)c1ccc([N+](=O)[O-])cc1Cl. The van der Waals surface area contributed by atoms with E-state index in [1.54, 1.807) is 13.8 Å². The maximum Gasteiger partial charge on any atom is 0.342 e. The lowest BCUT2D eigenvalue weighted by Gasteiger charge is -2.25. The van der Waals surface area contributed by atoms with Gasteiger partial charge in [0.15, 0.2) is 5.60 Å². The summed E-state index contributed by atoms with van der Waals surface area (Å²) in [6, 6.07) is 3.54. The van der Waals surface area contributed by atoms with E-state index in [0.29, 0.717) is 0 Å². The number of hydrogen-bond donors (Lipinski definition) is 1. The second-order valence-corrected chi connectivity index (χ2v) is 4.26. The fourth-order valence-electron chi connectivity index (χ4n) is 1.65. The zero-order valence-electron chi connectivity index (χ0n) is 10.6. The first-order valence-electron chi connectivity index (χ1n) is 5.70. The standard InChI is InChI=1S/C12H14ClNO5/c1-3-12(16,11(15)19-4-2)9-6-5-8(14(17)18)7-10(9)13/h5-7,16H,3-4H2,1-2H3. The van der Waals surface area contributed by atoms with Gasteiger partial charge in [-0.15, -0.1) is 0 Å². The van der Waals surface area contributed by atoms with Crippen LogP contribution in [0.15, 0.2) is 18.2 Å². The Bertz CT molecular complexity index is 505. The molecule has 0 bridgehead atoms. The van der Waals surface area contributed by atoms with Gasteiger partial charge in [-0.2, -0.15) is 0 Å². The Morgan fingerprint density at radius 2 is 2.16 bits per heavy atom. The number of non-ortho nitro benzene ring substituents is 1. The van der Waals surface area contributed by atoms with Crippen LogP contribution in [0.2, 0.25) is 5.02 Å². The predicted molar refractivity (Wildman–Crippen MR) is 68.9 cm³/mol. The van der Waals surface area contributed by atoms with Gasteiger partial charge in [-0.1, -0.05) is 18.5 Å². The maximum atomic E-state index is 11.8. The van der Waals surface area contributed by atoms with Crippen LogP contribution in [0.1, 0.15) is 25.8 Å². The lowest BCUT2D eigenvalue weighted by atomic mass is 9.91. The number of halogens is 1. The van der Waals surface area contributed by atoms with Gasteiger partial charge in [0, 0.05) is 17.7 Å². The number of carbonyl (C=O) groups excluding carboxylic acids is 1. The number of nitrogens with zero attached hydrogens (tertiary/aromatic N) is 1. The Labute approximate surface area is 115 Å². The van der Waals surface area contributed by atoms with E-state index >= 15 is 0 Å². The predicted octanol–water partition coefficient (Wildman–Crippen LogP) is 2.41. The molecule has 0 fully saturated rings. The minimum absolute atomic E-state index is 0.0450. The van der Waals surface area contributed by atoms with Crippen molar-refractivity contribution in [3.8, 4) is 0 Å². The smallest absolute Gasteiger partial charge is 0.342 e. The first-order chi connectivity index (χ1) is 8.86. The second-order valence-electron chi connectivity index (χ2n) is 3.86. The molecule has 0 saturated heterocycles. The van der Waals surface area contributed by atoms with Crippen LogP contribution in [0.25, 0.3) is 0 Å². The van der Waals surface area contributed by atoms with Crippen molar-refractivity contribution in [3.05, 3.63) is 38.9 Å². The number of esters is 1. The van der Waals surface area contributed by atoms with E-state index in [4.69, 9.17) is 16.3 Å². The number of carbonyl (C=O) groups is 1. The molecule has 1 unspecified atom stereocenters. The van der Waals surface area contributed by atoms with Gasteiger partial charge in [-0.25, -0.2) is 4.79 Å². The summed E-state index contributed by atoms with van der Waals surface area (Å²) in [5, 5.41) is 20.9. The normalized spacial score (nSPS) is 13.7. The number of ether oxygens (including phenoxy) is 1. The summed E-state index contributed by atoms with van der Waals surface area (Å²) < 4.78 is 4.80. The molecule has 0 amide bonds. The largest absolute Gasteiger partial charge is 0.464 e. The zero-order chi connectivity index (χ0) is 14.6. The molecule has 1 rings (SSSR count). The van der Waals surface area contributed by atoms with Crippen LogP contribution in [0.3, 0.4) is 0 Å². The van der Waals surface area contributed by atoms with E-state index < -0.39 is 16.5 Å². The minimum atomic E-state index is -1.90. The van der Waals surface area contributed by atoms with Crippen LogP contribution >= 0.6 is 11.6 Å². The first kappa shape index (κ1) is 15.4. The van der Waals surface area contributed by atoms with E-state index in [1.807, 2.05) is 0 Å². The van der Waals surface area contributed by atoms with Gasteiger partial charge in [0.1, 0.15) is 0 Å². The van der Waals surface area contributed by atoms with Gasteiger partial charge in [0.2, 0.25) is 0 Å². The fourth-order valence-corrected chi connectivity index (χ4v) is 1.98. The van der Waals surface area contributed by atoms with E-state index in [2.05, 4.69) is 0 Å². The summed E-state index contributed by atoms with van der Waals surface area (Å²) in [6.45, 7) is 3.33. The molecule has 6 nitrogen and oxygen atoms in total. The van der Waals surface area contributed by atoms with E-state index in [1.165, 1.54) is 12.1 Å². The molecule has 0 aliphatic rings. The third kappa shape index (κ3) is 3.02. The molecule has 1 aromatic carbocycles. The highest BCUT2D eigenvalue weighted by Crippen LogP contribution is 2.34. The molecule has 0 aliphatic heterocycles. The Morgan fingerprint density at radius 3 is 2.58 bits per heavy atom.